The van der Waals surface area contributed by atoms with Crippen molar-refractivity contribution in [3.8, 4) is 5.75 Å². The maximum Gasteiger partial charge on any atom is 0.225 e. The first kappa shape index (κ1) is 22.0. The topological polar surface area (TPSA) is 67.2 Å². The van der Waals surface area contributed by atoms with Gasteiger partial charge >= 0.3 is 0 Å². The maximum absolute atomic E-state index is 10.9. The summed E-state index contributed by atoms with van der Waals surface area (Å²) in [6, 6.07) is 6.47. The number of nitrogens with one attached hydrogen (secondary N) is 1. The van der Waals surface area contributed by atoms with Crippen LogP contribution in [0.1, 0.15) is 78.4 Å². The van der Waals surface area contributed by atoms with Crippen molar-refractivity contribution >= 4 is 10.0 Å². The Balaban J connectivity index is 2.95. The minimum absolute atomic E-state index is 0.0136. The van der Waals surface area contributed by atoms with Crippen LogP contribution in [0.5, 0.6) is 5.75 Å². The van der Waals surface area contributed by atoms with Crippen molar-refractivity contribution in [2.24, 2.45) is 0 Å². The summed E-state index contributed by atoms with van der Waals surface area (Å²) in [6.07, 6.45) is 3.17. The Morgan fingerprint density at radius 1 is 1.00 bits per heavy atom. The lowest BCUT2D eigenvalue weighted by Gasteiger charge is -2.30. The van der Waals surface area contributed by atoms with E-state index >= 15 is 0 Å². The molecule has 5 heteroatoms. The van der Waals surface area contributed by atoms with Crippen LogP contribution in [0.25, 0.3) is 0 Å². The van der Waals surface area contributed by atoms with Gasteiger partial charge in [0, 0.05) is 5.56 Å². The van der Waals surface area contributed by atoms with Crippen molar-refractivity contribution in [3.05, 3.63) is 29.3 Å². The van der Waals surface area contributed by atoms with Gasteiger partial charge in [-0.2, -0.15) is 0 Å². The van der Waals surface area contributed by atoms with Crippen LogP contribution in [0.15, 0.2) is 18.2 Å². The van der Waals surface area contributed by atoms with E-state index in [9.17, 15) is 8.42 Å². The Bertz CT molecular complexity index is 664. The van der Waals surface area contributed by atoms with Gasteiger partial charge in [-0.15, -0.1) is 5.14 Å². The molecule has 0 heterocycles. The van der Waals surface area contributed by atoms with E-state index in [0.29, 0.717) is 19.4 Å². The first-order valence-electron chi connectivity index (χ1n) is 9.18. The zero-order valence-electron chi connectivity index (χ0n) is 16.6. The fourth-order valence-corrected chi connectivity index (χ4v) is 3.16. The second-order valence-electron chi connectivity index (χ2n) is 8.06. The van der Waals surface area contributed by atoms with E-state index in [2.05, 4.69) is 59.7 Å². The van der Waals surface area contributed by atoms with Crippen molar-refractivity contribution in [1.82, 2.24) is 5.14 Å². The van der Waals surface area contributed by atoms with Gasteiger partial charge in [0.05, 0.1) is 12.4 Å². The van der Waals surface area contributed by atoms with E-state index in [4.69, 9.17) is 9.88 Å². The Hall–Kier alpha value is -1.07. The minimum Gasteiger partial charge on any atom is -0.493 e. The molecule has 1 N–H and O–H groups in total. The molecule has 0 aliphatic carbocycles. The molecule has 0 spiro atoms. The molecule has 1 aromatic rings. The van der Waals surface area contributed by atoms with Gasteiger partial charge in [-0.3, -0.25) is 0 Å². The van der Waals surface area contributed by atoms with Crippen LogP contribution in [-0.4, -0.2) is 20.8 Å². The number of benzene rings is 1. The van der Waals surface area contributed by atoms with Gasteiger partial charge in [-0.1, -0.05) is 53.7 Å². The molecule has 25 heavy (non-hydrogen) atoms. The highest BCUT2D eigenvalue weighted by Crippen LogP contribution is 2.38. The molecule has 1 aromatic carbocycles. The lowest BCUT2D eigenvalue weighted by atomic mass is 9.76. The molecule has 0 unspecified atom stereocenters. The molecule has 0 saturated heterocycles. The number of unbranched alkanes of at least 4 members (excludes halogenated alkanes) is 1. The Labute approximate surface area is 154 Å². The Morgan fingerprint density at radius 3 is 2.12 bits per heavy atom. The molecule has 0 saturated carbocycles. The molecule has 0 aromatic heterocycles. The van der Waals surface area contributed by atoms with Crippen LogP contribution in [0.2, 0.25) is 0 Å². The van der Waals surface area contributed by atoms with E-state index in [1.54, 1.807) is 0 Å². The number of rotatable bonds is 10. The highest BCUT2D eigenvalue weighted by molar-refractivity contribution is 7.88. The number of ether oxygens (including phenoxy) is 1. The molecule has 1 rings (SSSR count). The smallest absolute Gasteiger partial charge is 0.225 e. The summed E-state index contributed by atoms with van der Waals surface area (Å²) in [5.41, 5.74) is 2.67. The Morgan fingerprint density at radius 2 is 1.60 bits per heavy atom. The van der Waals surface area contributed by atoms with Gasteiger partial charge in [0.15, 0.2) is 0 Å². The summed E-state index contributed by atoms with van der Waals surface area (Å²) in [5, 5.41) is 6.90. The maximum atomic E-state index is 10.9. The largest absolute Gasteiger partial charge is 0.493 e. The molecule has 1 radical (unpaired) electrons. The van der Waals surface area contributed by atoms with Gasteiger partial charge in [-0.25, -0.2) is 8.42 Å². The number of hydrogen-bond acceptors (Lipinski definition) is 3. The monoisotopic (exact) mass is 368 g/mol. The number of sulfonamides is 1. The standard InChI is InChI=1S/C20H34NO3S/c1-7-19(3,4)16-11-12-18(17(15-16)20(5,6)8-2)24-13-9-10-14-25(21,22)23/h11-12,15,21H,7-10,13-14H2,1-6H3. The van der Waals surface area contributed by atoms with Crippen molar-refractivity contribution in [2.75, 3.05) is 12.4 Å². The first-order valence-corrected chi connectivity index (χ1v) is 10.8. The quantitative estimate of drug-likeness (QED) is 0.555. The fourth-order valence-electron chi connectivity index (χ4n) is 2.58. The summed E-state index contributed by atoms with van der Waals surface area (Å²) in [6.45, 7) is 13.8. The average molecular weight is 369 g/mol. The molecule has 0 amide bonds. The van der Waals surface area contributed by atoms with Crippen LogP contribution >= 0.6 is 0 Å². The van der Waals surface area contributed by atoms with Crippen LogP contribution in [0, 0.1) is 0 Å². The van der Waals surface area contributed by atoms with Crippen LogP contribution in [0.3, 0.4) is 0 Å². The summed E-state index contributed by atoms with van der Waals surface area (Å²) < 4.78 is 27.7. The summed E-state index contributed by atoms with van der Waals surface area (Å²) in [5.74, 6) is 0.782. The lowest BCUT2D eigenvalue weighted by molar-refractivity contribution is 0.298. The van der Waals surface area contributed by atoms with E-state index < -0.39 is 10.0 Å². The third-order valence-electron chi connectivity index (χ3n) is 5.32. The molecule has 4 nitrogen and oxygen atoms in total. The normalized spacial score (nSPS) is 13.1. The second kappa shape index (κ2) is 8.54. The van der Waals surface area contributed by atoms with Crippen molar-refractivity contribution in [3.63, 3.8) is 0 Å². The van der Waals surface area contributed by atoms with Crippen molar-refractivity contribution < 1.29 is 13.2 Å². The first-order chi connectivity index (χ1) is 11.4. The van der Waals surface area contributed by atoms with Crippen LogP contribution < -0.4 is 9.88 Å². The third-order valence-corrected chi connectivity index (χ3v) is 6.15. The summed E-state index contributed by atoms with van der Waals surface area (Å²) in [4.78, 5) is 0. The molecule has 0 aliphatic heterocycles. The molecule has 143 valence electrons. The molecular formula is C20H34NO3S. The van der Waals surface area contributed by atoms with Gasteiger partial charge in [-0.05, 0) is 48.1 Å². The van der Waals surface area contributed by atoms with Crippen LogP contribution in [-0.2, 0) is 20.9 Å². The van der Waals surface area contributed by atoms with Crippen LogP contribution in [0.4, 0.5) is 0 Å². The highest BCUT2D eigenvalue weighted by atomic mass is 32.2. The molecular weight excluding hydrogens is 334 g/mol. The zero-order valence-corrected chi connectivity index (χ0v) is 17.4. The second-order valence-corrected chi connectivity index (χ2v) is 9.70. The highest BCUT2D eigenvalue weighted by Gasteiger charge is 2.26. The fraction of sp³-hybridized carbons (Fsp3) is 0.700. The molecule has 0 fully saturated rings. The van der Waals surface area contributed by atoms with E-state index in [0.717, 1.165) is 18.6 Å². The summed E-state index contributed by atoms with van der Waals surface area (Å²) in [7, 11) is -3.64. The average Bonchev–Trinajstić information content (AvgIpc) is 2.53. The van der Waals surface area contributed by atoms with Gasteiger partial charge in [0.2, 0.25) is 10.0 Å². The predicted molar refractivity (Wildman–Crippen MR) is 105 cm³/mol. The van der Waals surface area contributed by atoms with E-state index in [1.165, 1.54) is 11.1 Å². The molecule has 0 aliphatic rings. The third kappa shape index (κ3) is 6.63. The van der Waals surface area contributed by atoms with Gasteiger partial charge in [0.25, 0.3) is 0 Å². The van der Waals surface area contributed by atoms with Crippen molar-refractivity contribution in [2.45, 2.75) is 78.1 Å². The molecule has 0 atom stereocenters. The molecule has 0 bridgehead atoms. The van der Waals surface area contributed by atoms with Gasteiger partial charge < -0.3 is 4.74 Å². The Kier molecular flexibility index (Phi) is 7.51. The van der Waals surface area contributed by atoms with Crippen molar-refractivity contribution in [1.29, 1.82) is 0 Å². The number of hydrogen-bond donors (Lipinski definition) is 0. The zero-order chi connectivity index (χ0) is 19.3. The minimum atomic E-state index is -3.64. The SMILES string of the molecule is CCC(C)(C)c1ccc(OCCCCS([NH])(=O)=O)c(C(C)(C)CC)c1. The van der Waals surface area contributed by atoms with E-state index in [-0.39, 0.29) is 16.6 Å². The van der Waals surface area contributed by atoms with Gasteiger partial charge in [0.1, 0.15) is 5.75 Å². The van der Waals surface area contributed by atoms with E-state index in [1.807, 2.05) is 0 Å². The predicted octanol–water partition coefficient (Wildman–Crippen LogP) is 4.83. The summed E-state index contributed by atoms with van der Waals surface area (Å²) >= 11 is 0. The lowest BCUT2D eigenvalue weighted by Crippen LogP contribution is -2.21.